The lowest BCUT2D eigenvalue weighted by molar-refractivity contribution is -0.139. The van der Waals surface area contributed by atoms with Crippen LogP contribution in [0.2, 0.25) is 0 Å². The van der Waals surface area contributed by atoms with E-state index < -0.39 is 17.3 Å². The number of rotatable bonds is 3. The van der Waals surface area contributed by atoms with Crippen molar-refractivity contribution in [3.05, 3.63) is 65.5 Å². The fraction of sp³-hybridized carbons (Fsp3) is 0.455. The van der Waals surface area contributed by atoms with Gasteiger partial charge < -0.3 is 4.90 Å². The highest BCUT2D eigenvalue weighted by Crippen LogP contribution is 2.57. The van der Waals surface area contributed by atoms with Crippen LogP contribution >= 0.6 is 0 Å². The van der Waals surface area contributed by atoms with Crippen molar-refractivity contribution in [2.24, 2.45) is 5.92 Å². The van der Waals surface area contributed by atoms with Crippen molar-refractivity contribution in [1.29, 1.82) is 0 Å². The number of carbonyl (C=O) groups excluding carboxylic acids is 1. The number of benzene rings is 1. The maximum absolute atomic E-state index is 13.6. The van der Waals surface area contributed by atoms with Crippen molar-refractivity contribution in [2.45, 2.75) is 43.6 Å². The molecule has 7 heteroatoms. The summed E-state index contributed by atoms with van der Waals surface area (Å²) < 4.78 is 40.8. The second-order valence-corrected chi connectivity index (χ2v) is 8.30. The van der Waals surface area contributed by atoms with Crippen LogP contribution in [0.4, 0.5) is 13.2 Å². The second kappa shape index (κ2) is 6.55. The molecule has 0 unspecified atom stereocenters. The zero-order valence-corrected chi connectivity index (χ0v) is 15.9. The van der Waals surface area contributed by atoms with Crippen LogP contribution in [-0.4, -0.2) is 39.3 Å². The minimum Gasteiger partial charge on any atom is -0.336 e. The molecule has 4 heterocycles. The van der Waals surface area contributed by atoms with Gasteiger partial charge in [-0.25, -0.2) is 0 Å². The molecular weight excluding hydrogens is 379 g/mol. The zero-order valence-electron chi connectivity index (χ0n) is 15.9. The van der Waals surface area contributed by atoms with Gasteiger partial charge in [-0.15, -0.1) is 0 Å². The average Bonchev–Trinajstić information content (AvgIpc) is 3.33. The van der Waals surface area contributed by atoms with Crippen LogP contribution in [-0.2, 0) is 17.5 Å². The number of aromatic nitrogens is 1. The first kappa shape index (κ1) is 18.6. The van der Waals surface area contributed by atoms with E-state index in [1.807, 2.05) is 17.0 Å². The summed E-state index contributed by atoms with van der Waals surface area (Å²) in [6, 6.07) is 9.27. The van der Waals surface area contributed by atoms with E-state index in [4.69, 9.17) is 0 Å². The second-order valence-electron chi connectivity index (χ2n) is 8.30. The highest BCUT2D eigenvalue weighted by Gasteiger charge is 2.65. The van der Waals surface area contributed by atoms with Crippen molar-refractivity contribution in [1.82, 2.24) is 14.8 Å². The maximum atomic E-state index is 13.6. The minimum absolute atomic E-state index is 0.0560. The van der Waals surface area contributed by atoms with E-state index in [0.29, 0.717) is 31.6 Å². The number of hydrogen-bond acceptors (Lipinski definition) is 3. The number of carbonyl (C=O) groups is 1. The molecule has 0 N–H and O–H groups in total. The third-order valence-electron chi connectivity index (χ3n) is 6.85. The molecule has 152 valence electrons. The predicted molar refractivity (Wildman–Crippen MR) is 101 cm³/mol. The van der Waals surface area contributed by atoms with Crippen LogP contribution in [0.25, 0.3) is 0 Å². The monoisotopic (exact) mass is 401 g/mol. The Kier molecular flexibility index (Phi) is 4.21. The smallest absolute Gasteiger partial charge is 0.336 e. The van der Waals surface area contributed by atoms with Crippen LogP contribution in [0.5, 0.6) is 0 Å². The molecule has 1 aromatic carbocycles. The fourth-order valence-electron chi connectivity index (χ4n) is 5.77. The molecule has 5 rings (SSSR count). The molecule has 3 aliphatic heterocycles. The molecule has 29 heavy (non-hydrogen) atoms. The standard InChI is InChI=1S/C22H22F3N3O/c23-22(24,25)18-7-2-1-6-17(18)19-11-16-14-27(13-15-5-3-9-26-12-15)20(29)21(16)8-4-10-28(19)21/h1-3,5-7,9,12,16,19H,4,8,10-11,13-14H2/t16-,19-,21-/m0/s1. The molecule has 1 spiro atoms. The SMILES string of the molecule is O=C1N(Cc2cccnc2)C[C@@H]2C[C@@H](c3ccccc3C(F)(F)F)N3CCC[C@@]123. The quantitative estimate of drug-likeness (QED) is 0.779. The Labute approximate surface area is 167 Å². The number of pyridine rings is 1. The summed E-state index contributed by atoms with van der Waals surface area (Å²) in [5.41, 5.74) is 0.0562. The van der Waals surface area contributed by atoms with E-state index in [2.05, 4.69) is 9.88 Å². The number of amides is 1. The molecular formula is C22H22F3N3O. The topological polar surface area (TPSA) is 36.4 Å². The molecule has 4 nitrogen and oxygen atoms in total. The van der Waals surface area contributed by atoms with Gasteiger partial charge in [-0.2, -0.15) is 13.2 Å². The minimum atomic E-state index is -4.39. The lowest BCUT2D eigenvalue weighted by Crippen LogP contribution is -2.49. The van der Waals surface area contributed by atoms with Gasteiger partial charge in [-0.05, 0) is 49.1 Å². The number of halogens is 3. The molecule has 0 aliphatic carbocycles. The zero-order chi connectivity index (χ0) is 20.2. The summed E-state index contributed by atoms with van der Waals surface area (Å²) in [5, 5.41) is 0. The van der Waals surface area contributed by atoms with Gasteiger partial charge in [0, 0.05) is 37.4 Å². The van der Waals surface area contributed by atoms with Crippen LogP contribution in [0.15, 0.2) is 48.8 Å². The van der Waals surface area contributed by atoms with Crippen molar-refractivity contribution < 1.29 is 18.0 Å². The normalized spacial score (nSPS) is 29.3. The van der Waals surface area contributed by atoms with Gasteiger partial charge in [0.15, 0.2) is 0 Å². The lowest BCUT2D eigenvalue weighted by Gasteiger charge is -2.34. The van der Waals surface area contributed by atoms with Gasteiger partial charge in [-0.1, -0.05) is 24.3 Å². The molecule has 1 amide bonds. The van der Waals surface area contributed by atoms with E-state index in [9.17, 15) is 18.0 Å². The molecule has 3 atom stereocenters. The number of nitrogens with zero attached hydrogens (tertiary/aromatic N) is 3. The van der Waals surface area contributed by atoms with Crippen LogP contribution in [0, 0.1) is 5.92 Å². The van der Waals surface area contributed by atoms with Gasteiger partial charge in [0.25, 0.3) is 0 Å². The summed E-state index contributed by atoms with van der Waals surface area (Å²) in [4.78, 5) is 21.6. The van der Waals surface area contributed by atoms with E-state index in [0.717, 1.165) is 24.5 Å². The highest BCUT2D eigenvalue weighted by atomic mass is 19.4. The molecule has 3 saturated heterocycles. The molecule has 3 aliphatic rings. The van der Waals surface area contributed by atoms with Crippen LogP contribution < -0.4 is 0 Å². The molecule has 1 aromatic heterocycles. The van der Waals surface area contributed by atoms with E-state index in [1.54, 1.807) is 24.5 Å². The van der Waals surface area contributed by atoms with Crippen molar-refractivity contribution in [3.8, 4) is 0 Å². The Morgan fingerprint density at radius 1 is 1.17 bits per heavy atom. The Bertz CT molecular complexity index is 932. The first-order valence-electron chi connectivity index (χ1n) is 10.0. The summed E-state index contributed by atoms with van der Waals surface area (Å²) in [7, 11) is 0. The third kappa shape index (κ3) is 2.78. The van der Waals surface area contributed by atoms with E-state index in [1.165, 1.54) is 6.07 Å². The Morgan fingerprint density at radius 3 is 2.76 bits per heavy atom. The van der Waals surface area contributed by atoms with Gasteiger partial charge >= 0.3 is 6.18 Å². The van der Waals surface area contributed by atoms with Crippen molar-refractivity contribution >= 4 is 5.91 Å². The molecule has 0 bridgehead atoms. The van der Waals surface area contributed by atoms with Crippen LogP contribution in [0.3, 0.4) is 0 Å². The Balaban J connectivity index is 1.47. The van der Waals surface area contributed by atoms with Crippen molar-refractivity contribution in [2.75, 3.05) is 13.1 Å². The summed E-state index contributed by atoms with van der Waals surface area (Å²) >= 11 is 0. The molecule has 0 radical (unpaired) electrons. The van der Waals surface area contributed by atoms with Crippen LogP contribution in [0.1, 0.15) is 42.0 Å². The number of alkyl halides is 3. The van der Waals surface area contributed by atoms with E-state index in [-0.39, 0.29) is 17.9 Å². The fourth-order valence-corrected chi connectivity index (χ4v) is 5.77. The summed E-state index contributed by atoms with van der Waals surface area (Å²) in [5.74, 6) is 0.122. The number of hydrogen-bond donors (Lipinski definition) is 0. The van der Waals surface area contributed by atoms with Gasteiger partial charge in [0.05, 0.1) is 5.56 Å². The van der Waals surface area contributed by atoms with Gasteiger partial charge in [-0.3, -0.25) is 14.7 Å². The molecule has 0 saturated carbocycles. The molecule has 2 aromatic rings. The largest absolute Gasteiger partial charge is 0.416 e. The maximum Gasteiger partial charge on any atom is 0.416 e. The first-order chi connectivity index (χ1) is 13.9. The lowest BCUT2D eigenvalue weighted by atomic mass is 9.85. The first-order valence-corrected chi connectivity index (χ1v) is 10.0. The highest BCUT2D eigenvalue weighted by molar-refractivity contribution is 5.90. The predicted octanol–water partition coefficient (Wildman–Crippen LogP) is 4.04. The summed E-state index contributed by atoms with van der Waals surface area (Å²) in [6.45, 7) is 1.76. The summed E-state index contributed by atoms with van der Waals surface area (Å²) in [6.07, 6.45) is 1.22. The number of likely N-dealkylation sites (tertiary alicyclic amines) is 1. The molecule has 3 fully saturated rings. The average molecular weight is 401 g/mol. The van der Waals surface area contributed by atoms with Gasteiger partial charge in [0.1, 0.15) is 5.54 Å². The third-order valence-corrected chi connectivity index (χ3v) is 6.85. The van der Waals surface area contributed by atoms with E-state index >= 15 is 0 Å². The van der Waals surface area contributed by atoms with Gasteiger partial charge in [0.2, 0.25) is 5.91 Å². The van der Waals surface area contributed by atoms with Crippen molar-refractivity contribution in [3.63, 3.8) is 0 Å². The Hall–Kier alpha value is -2.41. The Morgan fingerprint density at radius 2 is 2.00 bits per heavy atom.